The maximum absolute atomic E-state index is 2.70. The van der Waals surface area contributed by atoms with Gasteiger partial charge in [-0.1, -0.05) is 82.2 Å². The van der Waals surface area contributed by atoms with Crippen molar-refractivity contribution in [1.29, 1.82) is 0 Å². The molecule has 0 N–H and O–H groups in total. The highest BCUT2D eigenvalue weighted by molar-refractivity contribution is 5.97. The van der Waals surface area contributed by atoms with Crippen molar-refractivity contribution in [3.05, 3.63) is 29.3 Å². The van der Waals surface area contributed by atoms with Crippen molar-refractivity contribution in [2.24, 2.45) is 11.3 Å². The molecule has 1 heterocycles. The minimum absolute atomic E-state index is 0.134. The summed E-state index contributed by atoms with van der Waals surface area (Å²) in [6, 6.07) is 8.32. The normalized spacial score (nSPS) is 19.1. The van der Waals surface area contributed by atoms with Crippen molar-refractivity contribution >= 4 is 11.5 Å². The Labute approximate surface area is 181 Å². The topological polar surface area (TPSA) is 6.25 Å². The summed E-state index contributed by atoms with van der Waals surface area (Å²) >= 11 is 0. The van der Waals surface area contributed by atoms with E-state index in [-0.39, 0.29) is 16.2 Å². The molecule has 29 heavy (non-hydrogen) atoms. The molecule has 0 unspecified atom stereocenters. The van der Waals surface area contributed by atoms with Crippen molar-refractivity contribution in [2.75, 3.05) is 11.4 Å². The minimum Gasteiger partial charge on any atom is -0.256 e. The van der Waals surface area contributed by atoms with Crippen molar-refractivity contribution < 1.29 is 4.58 Å². The molecule has 0 bridgehead atoms. The number of amidine groups is 1. The second-order valence-electron chi connectivity index (χ2n) is 12.8. The molecule has 1 aromatic rings. The van der Waals surface area contributed by atoms with Crippen LogP contribution in [0.2, 0.25) is 0 Å². The molecule has 2 nitrogen and oxygen atoms in total. The highest BCUT2D eigenvalue weighted by Crippen LogP contribution is 2.37. The predicted octanol–water partition coefficient (Wildman–Crippen LogP) is 6.99. The molecular formula is C27H47N2+. The number of nitrogens with zero attached hydrogens (tertiary/aromatic N) is 2. The first-order valence-corrected chi connectivity index (χ1v) is 11.5. The van der Waals surface area contributed by atoms with Gasteiger partial charge < -0.3 is 0 Å². The Kier molecular flexibility index (Phi) is 6.40. The number of rotatable bonds is 3. The zero-order chi connectivity index (χ0) is 22.5. The molecule has 0 aromatic heterocycles. The van der Waals surface area contributed by atoms with Gasteiger partial charge in [-0.2, -0.15) is 0 Å². The van der Waals surface area contributed by atoms with Crippen molar-refractivity contribution in [1.82, 2.24) is 0 Å². The van der Waals surface area contributed by atoms with Gasteiger partial charge in [-0.05, 0) is 47.9 Å². The monoisotopic (exact) mass is 399 g/mol. The molecule has 0 spiro atoms. The first kappa shape index (κ1) is 24.0. The van der Waals surface area contributed by atoms with Crippen LogP contribution in [0.4, 0.5) is 5.69 Å². The second-order valence-corrected chi connectivity index (χ2v) is 12.8. The zero-order valence-electron chi connectivity index (χ0n) is 21.6. The van der Waals surface area contributed by atoms with E-state index in [0.717, 1.165) is 6.54 Å². The Hall–Kier alpha value is -1.31. The average Bonchev–Trinajstić information content (AvgIpc) is 2.94. The second kappa shape index (κ2) is 7.75. The first-order chi connectivity index (χ1) is 12.9. The van der Waals surface area contributed by atoms with Gasteiger partial charge in [0.2, 0.25) is 0 Å². The maximum Gasteiger partial charge on any atom is 0.255 e. The SMILES string of the molecule is CC(C)C1=[N+](C(C)C)[C@H](C(C)(C)C)CN1c1cc(C(C)(C)C)cc(C(C)(C)C)c1. The molecule has 2 rings (SSSR count). The molecule has 1 atom stereocenters. The van der Waals surface area contributed by atoms with Gasteiger partial charge in [-0.25, -0.2) is 4.90 Å². The molecule has 0 saturated carbocycles. The fourth-order valence-corrected chi connectivity index (χ4v) is 4.45. The number of anilines is 1. The number of benzene rings is 1. The van der Waals surface area contributed by atoms with Gasteiger partial charge in [0.25, 0.3) is 5.84 Å². The molecule has 1 aliphatic rings. The lowest BCUT2D eigenvalue weighted by atomic mass is 9.80. The van der Waals surface area contributed by atoms with Crippen LogP contribution in [0.15, 0.2) is 18.2 Å². The summed E-state index contributed by atoms with van der Waals surface area (Å²) in [5, 5.41) is 0. The maximum atomic E-state index is 2.70. The standard InChI is InChI=1S/C27H47N2/c1-18(2)24-28(17-23(27(11,12)13)29(24)19(3)4)22-15-20(25(5,6)7)14-21(16-22)26(8,9)10/h14-16,18-19,23H,17H2,1-13H3/q+1/t23-/m0/s1. The minimum atomic E-state index is 0.134. The van der Waals surface area contributed by atoms with Crippen LogP contribution < -0.4 is 4.90 Å². The third-order valence-corrected chi connectivity index (χ3v) is 6.27. The summed E-state index contributed by atoms with van der Waals surface area (Å²) in [6.45, 7) is 31.6. The summed E-state index contributed by atoms with van der Waals surface area (Å²) in [5.41, 5.74) is 4.72. The van der Waals surface area contributed by atoms with E-state index in [2.05, 4.69) is 118 Å². The molecule has 1 aliphatic heterocycles. The zero-order valence-corrected chi connectivity index (χ0v) is 21.6. The fraction of sp³-hybridized carbons (Fsp3) is 0.741. The van der Waals surface area contributed by atoms with Gasteiger partial charge in [0.1, 0.15) is 18.3 Å². The lowest BCUT2D eigenvalue weighted by Crippen LogP contribution is -2.41. The van der Waals surface area contributed by atoms with Crippen LogP contribution in [0.5, 0.6) is 0 Å². The van der Waals surface area contributed by atoms with E-state index < -0.39 is 0 Å². The average molecular weight is 400 g/mol. The van der Waals surface area contributed by atoms with Gasteiger partial charge in [-0.3, -0.25) is 4.58 Å². The van der Waals surface area contributed by atoms with E-state index in [1.807, 2.05) is 0 Å². The van der Waals surface area contributed by atoms with Crippen LogP contribution >= 0.6 is 0 Å². The first-order valence-electron chi connectivity index (χ1n) is 11.5. The highest BCUT2D eigenvalue weighted by Gasteiger charge is 2.47. The van der Waals surface area contributed by atoms with E-state index >= 15 is 0 Å². The molecule has 0 saturated heterocycles. The molecular weight excluding hydrogens is 352 g/mol. The molecule has 0 radical (unpaired) electrons. The van der Waals surface area contributed by atoms with Gasteiger partial charge in [0.15, 0.2) is 0 Å². The number of hydrogen-bond acceptors (Lipinski definition) is 1. The molecule has 0 amide bonds. The van der Waals surface area contributed by atoms with E-state index in [9.17, 15) is 0 Å². The van der Waals surface area contributed by atoms with Gasteiger partial charge in [-0.15, -0.1) is 0 Å². The Morgan fingerprint density at radius 2 is 1.24 bits per heavy atom. The van der Waals surface area contributed by atoms with E-state index in [0.29, 0.717) is 18.0 Å². The predicted molar refractivity (Wildman–Crippen MR) is 130 cm³/mol. The summed E-state index contributed by atoms with van der Waals surface area (Å²) < 4.78 is 2.70. The quantitative estimate of drug-likeness (QED) is 0.496. The third kappa shape index (κ3) is 5.06. The van der Waals surface area contributed by atoms with E-state index in [1.165, 1.54) is 22.6 Å². The van der Waals surface area contributed by atoms with Crippen LogP contribution in [0.3, 0.4) is 0 Å². The fourth-order valence-electron chi connectivity index (χ4n) is 4.45. The Morgan fingerprint density at radius 3 is 1.55 bits per heavy atom. The van der Waals surface area contributed by atoms with Crippen molar-refractivity contribution in [2.45, 2.75) is 113 Å². The van der Waals surface area contributed by atoms with Crippen molar-refractivity contribution in [3.63, 3.8) is 0 Å². The van der Waals surface area contributed by atoms with Gasteiger partial charge >= 0.3 is 0 Å². The van der Waals surface area contributed by atoms with Crippen LogP contribution in [-0.4, -0.2) is 29.0 Å². The molecule has 0 aliphatic carbocycles. The van der Waals surface area contributed by atoms with E-state index in [4.69, 9.17) is 0 Å². The van der Waals surface area contributed by atoms with Crippen LogP contribution in [-0.2, 0) is 10.8 Å². The van der Waals surface area contributed by atoms with Crippen LogP contribution in [0, 0.1) is 11.3 Å². The van der Waals surface area contributed by atoms with Gasteiger partial charge in [0.05, 0.1) is 12.0 Å². The molecule has 2 heteroatoms. The largest absolute Gasteiger partial charge is 0.256 e. The van der Waals surface area contributed by atoms with Crippen LogP contribution in [0.1, 0.15) is 101 Å². The summed E-state index contributed by atoms with van der Waals surface area (Å²) in [5.74, 6) is 1.96. The third-order valence-electron chi connectivity index (χ3n) is 6.27. The Balaban J connectivity index is 2.75. The Bertz CT molecular complexity index is 729. The summed E-state index contributed by atoms with van der Waals surface area (Å²) in [6.07, 6.45) is 0. The molecule has 1 aromatic carbocycles. The van der Waals surface area contributed by atoms with Gasteiger partial charge in [0, 0.05) is 5.41 Å². The molecule has 164 valence electrons. The number of hydrogen-bond donors (Lipinski definition) is 0. The van der Waals surface area contributed by atoms with E-state index in [1.54, 1.807) is 0 Å². The lowest BCUT2D eigenvalue weighted by molar-refractivity contribution is -0.600. The van der Waals surface area contributed by atoms with Crippen molar-refractivity contribution in [3.8, 4) is 0 Å². The summed E-state index contributed by atoms with van der Waals surface area (Å²) in [7, 11) is 0. The smallest absolute Gasteiger partial charge is 0.255 e. The summed E-state index contributed by atoms with van der Waals surface area (Å²) in [4.78, 5) is 2.63. The van der Waals surface area contributed by atoms with Crippen LogP contribution in [0.25, 0.3) is 0 Å². The molecule has 0 fully saturated rings. The Morgan fingerprint density at radius 1 is 0.793 bits per heavy atom. The highest BCUT2D eigenvalue weighted by atomic mass is 15.3. The lowest BCUT2D eigenvalue weighted by Gasteiger charge is -2.28.